The number of primary amides is 1. The number of para-hydroxylation sites is 1. The average molecular weight is 498 g/mol. The molecule has 37 heavy (non-hydrogen) atoms. The highest BCUT2D eigenvalue weighted by Gasteiger charge is 2.33. The number of nitrogens with zero attached hydrogens (tertiary/aromatic N) is 2. The van der Waals surface area contributed by atoms with Crippen molar-refractivity contribution in [3.63, 3.8) is 0 Å². The number of rotatable bonds is 8. The fraction of sp³-hybridized carbons (Fsp3) is 0.276. The van der Waals surface area contributed by atoms with Crippen molar-refractivity contribution in [2.45, 2.75) is 31.8 Å². The van der Waals surface area contributed by atoms with Gasteiger partial charge in [-0.15, -0.1) is 0 Å². The molecular formula is C29H31N5O3. The Morgan fingerprint density at radius 1 is 1.22 bits per heavy atom. The van der Waals surface area contributed by atoms with Crippen LogP contribution in [-0.2, 0) is 22.6 Å². The van der Waals surface area contributed by atoms with Crippen molar-refractivity contribution in [2.75, 3.05) is 19.1 Å². The minimum atomic E-state index is -0.564. The van der Waals surface area contributed by atoms with Crippen LogP contribution in [0.4, 0.5) is 5.69 Å². The topological polar surface area (TPSA) is 113 Å². The molecule has 1 aliphatic heterocycles. The van der Waals surface area contributed by atoms with Gasteiger partial charge in [-0.2, -0.15) is 5.10 Å². The van der Waals surface area contributed by atoms with Crippen LogP contribution in [0, 0.1) is 5.92 Å². The Morgan fingerprint density at radius 2 is 2.05 bits per heavy atom. The number of carbonyl (C=O) groups is 2. The van der Waals surface area contributed by atoms with Crippen molar-refractivity contribution < 1.29 is 14.3 Å². The van der Waals surface area contributed by atoms with Gasteiger partial charge in [-0.3, -0.25) is 14.7 Å². The smallest absolute Gasteiger partial charge is 0.234 e. The van der Waals surface area contributed by atoms with Crippen LogP contribution in [0.25, 0.3) is 21.9 Å². The van der Waals surface area contributed by atoms with E-state index in [0.29, 0.717) is 19.4 Å². The summed E-state index contributed by atoms with van der Waals surface area (Å²) in [4.78, 5) is 27.8. The Hall–Kier alpha value is -4.17. The second kappa shape index (κ2) is 10.4. The predicted octanol–water partition coefficient (Wildman–Crippen LogP) is 3.80. The van der Waals surface area contributed by atoms with Crippen LogP contribution < -0.4 is 20.7 Å². The van der Waals surface area contributed by atoms with Gasteiger partial charge in [-0.05, 0) is 66.4 Å². The van der Waals surface area contributed by atoms with Crippen LogP contribution >= 0.6 is 0 Å². The number of methoxy groups -OCH3 is 1. The second-order valence-corrected chi connectivity index (χ2v) is 9.44. The standard InChI is InChI=1S/C29H31N5O3/c1-31-25(28(30)35)14-21-8-7-18-5-3-4-6-26(18)34(29(21)36)17-24-23-11-9-19(22-15-32-33-16-22)13-20(23)10-12-27(24)37-2/h3-6,9-13,15-16,21,25,31H,7-8,14,17H2,1-2H3,(H2,30,35)(H,32,33)/t21-,25-/m0/s1. The number of nitrogens with two attached hydrogens (primary N) is 1. The summed E-state index contributed by atoms with van der Waals surface area (Å²) >= 11 is 0. The minimum Gasteiger partial charge on any atom is -0.496 e. The summed E-state index contributed by atoms with van der Waals surface area (Å²) in [5.74, 6) is -0.0841. The zero-order valence-electron chi connectivity index (χ0n) is 21.0. The highest BCUT2D eigenvalue weighted by Crippen LogP contribution is 2.37. The monoisotopic (exact) mass is 497 g/mol. The number of aryl methyl sites for hydroxylation is 1. The molecule has 2 heterocycles. The molecule has 0 saturated heterocycles. The third kappa shape index (κ3) is 4.80. The fourth-order valence-electron chi connectivity index (χ4n) is 5.30. The molecule has 8 nitrogen and oxygen atoms in total. The van der Waals surface area contributed by atoms with E-state index in [1.165, 1.54) is 0 Å². The largest absolute Gasteiger partial charge is 0.496 e. The number of aromatic amines is 1. The first-order chi connectivity index (χ1) is 18.0. The fourth-order valence-corrected chi connectivity index (χ4v) is 5.30. The van der Waals surface area contributed by atoms with Gasteiger partial charge in [0.15, 0.2) is 0 Å². The molecular weight excluding hydrogens is 466 g/mol. The van der Waals surface area contributed by atoms with Crippen LogP contribution in [0.15, 0.2) is 67.0 Å². The van der Waals surface area contributed by atoms with Gasteiger partial charge in [-0.1, -0.05) is 36.4 Å². The molecule has 0 fully saturated rings. The molecule has 0 saturated carbocycles. The molecule has 3 aromatic carbocycles. The molecule has 0 unspecified atom stereocenters. The molecule has 0 bridgehead atoms. The van der Waals surface area contributed by atoms with E-state index in [0.717, 1.165) is 50.9 Å². The van der Waals surface area contributed by atoms with Crippen LogP contribution in [0.3, 0.4) is 0 Å². The van der Waals surface area contributed by atoms with Crippen LogP contribution in [0.1, 0.15) is 24.0 Å². The van der Waals surface area contributed by atoms with Gasteiger partial charge in [-0.25, -0.2) is 0 Å². The molecule has 0 aliphatic carbocycles. The number of benzene rings is 3. The Bertz CT molecular complexity index is 1430. The van der Waals surface area contributed by atoms with E-state index in [2.05, 4.69) is 39.8 Å². The van der Waals surface area contributed by atoms with E-state index >= 15 is 0 Å². The van der Waals surface area contributed by atoms with Gasteiger partial charge in [0.05, 0.1) is 25.9 Å². The lowest BCUT2D eigenvalue weighted by molar-refractivity contribution is -0.124. The molecule has 5 rings (SSSR count). The molecule has 4 aromatic rings. The van der Waals surface area contributed by atoms with Gasteiger partial charge in [0.25, 0.3) is 0 Å². The summed E-state index contributed by atoms with van der Waals surface area (Å²) in [6.07, 6.45) is 5.42. The number of hydrogen-bond acceptors (Lipinski definition) is 5. The number of fused-ring (bicyclic) bond motifs is 2. The number of likely N-dealkylation sites (N-methyl/N-ethyl adjacent to an activating group) is 1. The number of nitrogens with one attached hydrogen (secondary N) is 2. The summed E-state index contributed by atoms with van der Waals surface area (Å²) in [6, 6.07) is 17.7. The Kier molecular flexibility index (Phi) is 6.92. The Morgan fingerprint density at radius 3 is 2.78 bits per heavy atom. The first-order valence-electron chi connectivity index (χ1n) is 12.4. The molecule has 2 atom stereocenters. The third-order valence-electron chi connectivity index (χ3n) is 7.33. The van der Waals surface area contributed by atoms with E-state index in [-0.39, 0.29) is 11.8 Å². The van der Waals surface area contributed by atoms with Crippen LogP contribution in [-0.4, -0.2) is 42.2 Å². The molecule has 8 heteroatoms. The lowest BCUT2D eigenvalue weighted by Crippen LogP contribution is -2.44. The number of amides is 2. The maximum Gasteiger partial charge on any atom is 0.234 e. The summed E-state index contributed by atoms with van der Waals surface area (Å²) in [5.41, 5.74) is 10.6. The van der Waals surface area contributed by atoms with E-state index in [9.17, 15) is 9.59 Å². The highest BCUT2D eigenvalue weighted by atomic mass is 16.5. The van der Waals surface area contributed by atoms with Crippen molar-refractivity contribution in [1.29, 1.82) is 0 Å². The summed E-state index contributed by atoms with van der Waals surface area (Å²) in [5, 5.41) is 11.9. The maximum absolute atomic E-state index is 14.0. The number of H-pyrrole nitrogens is 1. The van der Waals surface area contributed by atoms with Gasteiger partial charge in [0.2, 0.25) is 11.8 Å². The molecule has 190 valence electrons. The number of hydrogen-bond donors (Lipinski definition) is 3. The molecule has 2 amide bonds. The van der Waals surface area contributed by atoms with Gasteiger partial charge >= 0.3 is 0 Å². The van der Waals surface area contributed by atoms with Crippen molar-refractivity contribution in [3.05, 3.63) is 78.1 Å². The molecule has 1 aliphatic rings. The number of anilines is 1. The molecule has 4 N–H and O–H groups in total. The highest BCUT2D eigenvalue weighted by molar-refractivity contribution is 5.98. The Labute approximate surface area is 215 Å². The maximum atomic E-state index is 14.0. The lowest BCUT2D eigenvalue weighted by atomic mass is 9.93. The van der Waals surface area contributed by atoms with E-state index in [4.69, 9.17) is 10.5 Å². The molecule has 0 radical (unpaired) electrons. The summed E-state index contributed by atoms with van der Waals surface area (Å²) in [7, 11) is 3.35. The third-order valence-corrected chi connectivity index (χ3v) is 7.33. The zero-order chi connectivity index (χ0) is 25.9. The van der Waals surface area contributed by atoms with Crippen molar-refractivity contribution in [2.24, 2.45) is 11.7 Å². The summed E-state index contributed by atoms with van der Waals surface area (Å²) < 4.78 is 5.77. The van der Waals surface area contributed by atoms with Crippen LogP contribution in [0.5, 0.6) is 5.75 Å². The second-order valence-electron chi connectivity index (χ2n) is 9.44. The first kappa shape index (κ1) is 24.5. The van der Waals surface area contributed by atoms with Gasteiger partial charge in [0.1, 0.15) is 5.75 Å². The van der Waals surface area contributed by atoms with Gasteiger partial charge in [0, 0.05) is 28.9 Å². The van der Waals surface area contributed by atoms with E-state index in [1.54, 1.807) is 20.4 Å². The number of aromatic nitrogens is 2. The van der Waals surface area contributed by atoms with Crippen molar-refractivity contribution >= 4 is 28.3 Å². The SMILES string of the molecule is CN[C@@H](C[C@@H]1CCc2ccccc2N(Cc2c(OC)ccc3cc(-c4cn[nH]c4)ccc23)C1=O)C(N)=O. The zero-order valence-corrected chi connectivity index (χ0v) is 21.0. The molecule has 1 aromatic heterocycles. The van der Waals surface area contributed by atoms with Crippen molar-refractivity contribution in [3.8, 4) is 16.9 Å². The molecule has 0 spiro atoms. The quantitative estimate of drug-likeness (QED) is 0.343. The average Bonchev–Trinajstić information content (AvgIpc) is 3.42. The van der Waals surface area contributed by atoms with Crippen LogP contribution in [0.2, 0.25) is 0 Å². The Balaban J connectivity index is 1.57. The summed E-state index contributed by atoms with van der Waals surface area (Å²) in [6.45, 7) is 0.346. The number of ether oxygens (including phenoxy) is 1. The lowest BCUT2D eigenvalue weighted by Gasteiger charge is -2.28. The van der Waals surface area contributed by atoms with E-state index in [1.807, 2.05) is 41.4 Å². The number of carbonyl (C=O) groups excluding carboxylic acids is 2. The van der Waals surface area contributed by atoms with E-state index < -0.39 is 11.9 Å². The van der Waals surface area contributed by atoms with Gasteiger partial charge < -0.3 is 20.7 Å². The van der Waals surface area contributed by atoms with Crippen molar-refractivity contribution in [1.82, 2.24) is 15.5 Å². The minimum absolute atomic E-state index is 0.0134. The first-order valence-corrected chi connectivity index (χ1v) is 12.4. The predicted molar refractivity (Wildman–Crippen MR) is 144 cm³/mol. The normalized spacial score (nSPS) is 16.3.